The van der Waals surface area contributed by atoms with Gasteiger partial charge in [-0.25, -0.2) is 14.2 Å². The first kappa shape index (κ1) is 12.2. The molecule has 0 unspecified atom stereocenters. The molecule has 8 heteroatoms. The molecule has 102 valence electrons. The number of benzene rings is 1. The molecule has 3 rings (SSSR count). The fourth-order valence-corrected chi connectivity index (χ4v) is 1.88. The Morgan fingerprint density at radius 3 is 2.70 bits per heavy atom. The largest absolute Gasteiger partial charge is 0.494 e. The summed E-state index contributed by atoms with van der Waals surface area (Å²) in [5, 5.41) is 0. The first-order chi connectivity index (χ1) is 9.58. The standard InChI is InChI=1S/C12H9FN4O3/c1-20-7-3-2-5(4-6(7)13)9-14-8-10(15-9)16-12(19)17-11(8)18/h2-4H,1H3,(H3,14,15,16,17,18,19). The monoisotopic (exact) mass is 276 g/mol. The lowest BCUT2D eigenvalue weighted by atomic mass is 10.2. The van der Waals surface area contributed by atoms with Crippen molar-refractivity contribution in [3.63, 3.8) is 0 Å². The number of aromatic nitrogens is 4. The molecule has 0 aliphatic rings. The van der Waals surface area contributed by atoms with Gasteiger partial charge in [0, 0.05) is 5.56 Å². The maximum atomic E-state index is 13.6. The lowest BCUT2D eigenvalue weighted by Gasteiger charge is -2.02. The van der Waals surface area contributed by atoms with Gasteiger partial charge in [0.05, 0.1) is 7.11 Å². The minimum atomic E-state index is -0.651. The number of fused-ring (bicyclic) bond motifs is 1. The van der Waals surface area contributed by atoms with Crippen LogP contribution in [0.3, 0.4) is 0 Å². The van der Waals surface area contributed by atoms with Crippen molar-refractivity contribution in [2.75, 3.05) is 7.11 Å². The summed E-state index contributed by atoms with van der Waals surface area (Å²) < 4.78 is 18.5. The average Bonchev–Trinajstić information content (AvgIpc) is 2.82. The molecule has 0 amide bonds. The van der Waals surface area contributed by atoms with Crippen molar-refractivity contribution in [1.82, 2.24) is 19.9 Å². The second-order valence-electron chi connectivity index (χ2n) is 4.07. The number of H-pyrrole nitrogens is 3. The number of hydrogen-bond acceptors (Lipinski definition) is 4. The number of nitrogens with one attached hydrogen (secondary N) is 3. The molecule has 0 fully saturated rings. The third-order valence-corrected chi connectivity index (χ3v) is 2.82. The van der Waals surface area contributed by atoms with Gasteiger partial charge in [0.15, 0.2) is 17.2 Å². The molecule has 0 atom stereocenters. The number of rotatable bonds is 2. The Bertz CT molecular complexity index is 909. The van der Waals surface area contributed by atoms with Gasteiger partial charge in [0.2, 0.25) is 0 Å². The minimum absolute atomic E-state index is 0.108. The number of halogens is 1. The van der Waals surface area contributed by atoms with Crippen LogP contribution in [0.15, 0.2) is 27.8 Å². The van der Waals surface area contributed by atoms with Gasteiger partial charge in [-0.05, 0) is 18.2 Å². The summed E-state index contributed by atoms with van der Waals surface area (Å²) in [6.45, 7) is 0. The van der Waals surface area contributed by atoms with Crippen LogP contribution in [0.2, 0.25) is 0 Å². The molecule has 2 heterocycles. The highest BCUT2D eigenvalue weighted by Crippen LogP contribution is 2.24. The number of ether oxygens (including phenoxy) is 1. The summed E-state index contributed by atoms with van der Waals surface area (Å²) in [4.78, 5) is 34.0. The number of aromatic amines is 3. The minimum Gasteiger partial charge on any atom is -0.494 e. The molecule has 2 aromatic heterocycles. The Kier molecular flexibility index (Phi) is 2.63. The van der Waals surface area contributed by atoms with Crippen LogP contribution in [0, 0.1) is 5.82 Å². The summed E-state index contributed by atoms with van der Waals surface area (Å²) in [5.41, 5.74) is -0.571. The fraction of sp³-hybridized carbons (Fsp3) is 0.0833. The Morgan fingerprint density at radius 2 is 2.00 bits per heavy atom. The molecule has 0 saturated heterocycles. The van der Waals surface area contributed by atoms with Crippen LogP contribution in [0.1, 0.15) is 0 Å². The summed E-state index contributed by atoms with van der Waals surface area (Å²) in [6, 6.07) is 4.26. The SMILES string of the molecule is COc1ccc(-c2nc3[nH]c(=O)[nH]c(=O)c3[nH]2)cc1F. The third-order valence-electron chi connectivity index (χ3n) is 2.82. The Hall–Kier alpha value is -2.90. The van der Waals surface area contributed by atoms with E-state index in [1.165, 1.54) is 19.2 Å². The smallest absolute Gasteiger partial charge is 0.327 e. The van der Waals surface area contributed by atoms with Gasteiger partial charge in [-0.3, -0.25) is 14.8 Å². The topological polar surface area (TPSA) is 104 Å². The summed E-state index contributed by atoms with van der Waals surface area (Å²) >= 11 is 0. The summed E-state index contributed by atoms with van der Waals surface area (Å²) in [5.74, 6) is -0.169. The highest BCUT2D eigenvalue weighted by atomic mass is 19.1. The van der Waals surface area contributed by atoms with Crippen molar-refractivity contribution < 1.29 is 9.13 Å². The predicted molar refractivity (Wildman–Crippen MR) is 69.3 cm³/mol. The van der Waals surface area contributed by atoms with E-state index in [0.717, 1.165) is 0 Å². The predicted octanol–water partition coefficient (Wildman–Crippen LogP) is 0.754. The maximum absolute atomic E-state index is 13.6. The van der Waals surface area contributed by atoms with Gasteiger partial charge >= 0.3 is 5.69 Å². The van der Waals surface area contributed by atoms with E-state index in [2.05, 4.69) is 19.9 Å². The lowest BCUT2D eigenvalue weighted by molar-refractivity contribution is 0.386. The van der Waals surface area contributed by atoms with Crippen LogP contribution in [0.5, 0.6) is 5.75 Å². The molecule has 0 bridgehead atoms. The van der Waals surface area contributed by atoms with E-state index in [4.69, 9.17) is 4.74 Å². The Labute approximate surface area is 110 Å². The van der Waals surface area contributed by atoms with Gasteiger partial charge < -0.3 is 9.72 Å². The lowest BCUT2D eigenvalue weighted by Crippen LogP contribution is -2.21. The van der Waals surface area contributed by atoms with Crippen molar-refractivity contribution in [1.29, 1.82) is 0 Å². The molecule has 0 aliphatic heterocycles. The number of nitrogens with zero attached hydrogens (tertiary/aromatic N) is 1. The second kappa shape index (κ2) is 4.34. The van der Waals surface area contributed by atoms with Gasteiger partial charge in [-0.15, -0.1) is 0 Å². The third kappa shape index (κ3) is 1.87. The van der Waals surface area contributed by atoms with E-state index in [9.17, 15) is 14.0 Å². The van der Waals surface area contributed by atoms with Crippen LogP contribution in [0.25, 0.3) is 22.6 Å². The van der Waals surface area contributed by atoms with Gasteiger partial charge in [-0.1, -0.05) is 0 Å². The Balaban J connectivity index is 2.20. The van der Waals surface area contributed by atoms with Crippen molar-refractivity contribution >= 4 is 11.2 Å². The van der Waals surface area contributed by atoms with Crippen molar-refractivity contribution in [2.45, 2.75) is 0 Å². The molecule has 0 saturated carbocycles. The molecular formula is C12H9FN4O3. The molecular weight excluding hydrogens is 267 g/mol. The van der Waals surface area contributed by atoms with E-state index in [-0.39, 0.29) is 22.7 Å². The molecule has 20 heavy (non-hydrogen) atoms. The summed E-state index contributed by atoms with van der Waals surface area (Å²) in [7, 11) is 1.36. The van der Waals surface area contributed by atoms with E-state index in [0.29, 0.717) is 5.56 Å². The first-order valence-electron chi connectivity index (χ1n) is 5.64. The van der Waals surface area contributed by atoms with Crippen LogP contribution in [-0.4, -0.2) is 27.0 Å². The molecule has 0 aliphatic carbocycles. The van der Waals surface area contributed by atoms with E-state index < -0.39 is 17.1 Å². The maximum Gasteiger partial charge on any atom is 0.327 e. The van der Waals surface area contributed by atoms with Crippen molar-refractivity contribution in [2.24, 2.45) is 0 Å². The van der Waals surface area contributed by atoms with Gasteiger partial charge in [-0.2, -0.15) is 0 Å². The van der Waals surface area contributed by atoms with E-state index in [1.54, 1.807) is 6.07 Å². The zero-order chi connectivity index (χ0) is 14.3. The Morgan fingerprint density at radius 1 is 1.20 bits per heavy atom. The molecule has 0 spiro atoms. The number of imidazole rings is 1. The van der Waals surface area contributed by atoms with Crippen LogP contribution in [0.4, 0.5) is 4.39 Å². The normalized spacial score (nSPS) is 10.9. The van der Waals surface area contributed by atoms with Gasteiger partial charge in [0.25, 0.3) is 5.56 Å². The highest BCUT2D eigenvalue weighted by molar-refractivity contribution is 5.74. The van der Waals surface area contributed by atoms with E-state index >= 15 is 0 Å². The molecule has 7 nitrogen and oxygen atoms in total. The van der Waals surface area contributed by atoms with Crippen molar-refractivity contribution in [3.05, 3.63) is 44.9 Å². The zero-order valence-corrected chi connectivity index (χ0v) is 10.3. The molecule has 3 N–H and O–H groups in total. The molecule has 3 aromatic rings. The van der Waals surface area contributed by atoms with E-state index in [1.807, 2.05) is 0 Å². The molecule has 0 radical (unpaired) electrons. The fourth-order valence-electron chi connectivity index (χ4n) is 1.88. The zero-order valence-electron chi connectivity index (χ0n) is 10.3. The molecule has 1 aromatic carbocycles. The first-order valence-corrected chi connectivity index (χ1v) is 5.64. The number of methoxy groups -OCH3 is 1. The highest BCUT2D eigenvalue weighted by Gasteiger charge is 2.11. The second-order valence-corrected chi connectivity index (χ2v) is 4.07. The average molecular weight is 276 g/mol. The number of hydrogen-bond donors (Lipinski definition) is 3. The van der Waals surface area contributed by atoms with Crippen LogP contribution >= 0.6 is 0 Å². The van der Waals surface area contributed by atoms with Crippen molar-refractivity contribution in [3.8, 4) is 17.1 Å². The van der Waals surface area contributed by atoms with Crippen LogP contribution in [-0.2, 0) is 0 Å². The van der Waals surface area contributed by atoms with Gasteiger partial charge in [0.1, 0.15) is 11.3 Å². The quantitative estimate of drug-likeness (QED) is 0.642. The van der Waals surface area contributed by atoms with Crippen LogP contribution < -0.4 is 16.0 Å². The summed E-state index contributed by atoms with van der Waals surface area (Å²) in [6.07, 6.45) is 0.